The second-order valence-corrected chi connectivity index (χ2v) is 20.9. The van der Waals surface area contributed by atoms with Crippen molar-refractivity contribution in [2.75, 3.05) is 78.8 Å². The van der Waals surface area contributed by atoms with E-state index in [4.69, 9.17) is 58.0 Å². The molecular weight excluding hydrogens is 1040 g/mol. The average Bonchev–Trinajstić information content (AvgIpc) is 4.28. The van der Waals surface area contributed by atoms with Crippen LogP contribution in [0.25, 0.3) is 38.8 Å². The molecule has 6 aromatic heterocycles. The Labute approximate surface area is 470 Å². The number of pyridine rings is 3. The Kier molecular flexibility index (Phi) is 23.5. The highest BCUT2D eigenvalue weighted by Gasteiger charge is 2.28. The molecule has 0 saturated carbocycles. The summed E-state index contributed by atoms with van der Waals surface area (Å²) in [4.78, 5) is 64.4. The van der Waals surface area contributed by atoms with Crippen LogP contribution in [0.2, 0.25) is 0 Å². The number of furan rings is 3. The molecule has 0 aliphatic carbocycles. The number of esters is 3. The average molecular weight is 1110 g/mol. The lowest BCUT2D eigenvalue weighted by molar-refractivity contribution is 0.0509. The van der Waals surface area contributed by atoms with Crippen LogP contribution in [0, 0.1) is 18.4 Å². The van der Waals surface area contributed by atoms with Gasteiger partial charge in [-0.25, -0.2) is 40.6 Å². The van der Waals surface area contributed by atoms with Crippen molar-refractivity contribution < 1.29 is 50.9 Å². The van der Waals surface area contributed by atoms with E-state index in [2.05, 4.69) is 63.8 Å². The zero-order valence-electron chi connectivity index (χ0n) is 47.0. The predicted molar refractivity (Wildman–Crippen MR) is 303 cm³/mol. The van der Waals surface area contributed by atoms with Gasteiger partial charge in [0.25, 0.3) is 8.53 Å². The monoisotopic (exact) mass is 1110 g/mol. The highest BCUT2D eigenvalue weighted by Crippen LogP contribution is 2.46. The lowest BCUT2D eigenvalue weighted by Crippen LogP contribution is -2.36. The number of carbonyl (C=O) groups is 3. The van der Waals surface area contributed by atoms with Gasteiger partial charge < -0.3 is 41.4 Å². The number of unbranched alkanes of at least 4 members (excludes halogenated alkanes) is 2. The zero-order valence-corrected chi connectivity index (χ0v) is 47.9. The van der Waals surface area contributed by atoms with Crippen molar-refractivity contribution in [3.05, 3.63) is 137 Å². The second-order valence-electron chi connectivity index (χ2n) is 19.4. The topological polar surface area (TPSA) is 193 Å². The molecule has 0 bridgehead atoms. The minimum atomic E-state index is -1.29. The Morgan fingerprint density at radius 1 is 0.625 bits per heavy atom. The van der Waals surface area contributed by atoms with E-state index in [-0.39, 0.29) is 49.0 Å². The van der Waals surface area contributed by atoms with Crippen molar-refractivity contribution in [3.8, 4) is 45.8 Å². The number of hydrogen-bond donors (Lipinski definition) is 0. The van der Waals surface area contributed by atoms with E-state index in [1.807, 2.05) is 42.5 Å². The molecule has 0 N–H and O–H groups in total. The molecule has 1 aliphatic rings. The number of aromatic nitrogens is 3. The van der Waals surface area contributed by atoms with Crippen LogP contribution in [0.1, 0.15) is 122 Å². The van der Waals surface area contributed by atoms with E-state index in [9.17, 15) is 14.4 Å². The minimum absolute atomic E-state index is 0.156. The van der Waals surface area contributed by atoms with Gasteiger partial charge in [-0.1, -0.05) is 5.92 Å². The fourth-order valence-corrected chi connectivity index (χ4v) is 10.7. The van der Waals surface area contributed by atoms with Gasteiger partial charge >= 0.3 is 17.9 Å². The SMILES string of the molecule is [C-]#[N+]CCOP(OCCCCC#Cc1ccc(-c2cc(CN3CCN(Cc4cc(-c5ccco5)cc(C(=O)OCC)n4)CCN(Cc4cc(-c5ccco5)cc(C(=O)OCC)n4)CC3)nc(C(=O)OCC)c2)o1)N(C(C)C)C(C)C. The summed E-state index contributed by atoms with van der Waals surface area (Å²) in [7, 11) is -1.29. The normalized spacial score (nSPS) is 14.0. The Bertz CT molecular complexity index is 2910. The Morgan fingerprint density at radius 3 is 1.46 bits per heavy atom. The van der Waals surface area contributed by atoms with E-state index in [1.54, 1.807) is 63.6 Å². The van der Waals surface area contributed by atoms with Crippen molar-refractivity contribution in [3.63, 3.8) is 0 Å². The molecule has 6 aromatic rings. The highest BCUT2D eigenvalue weighted by atomic mass is 31.2. The van der Waals surface area contributed by atoms with Gasteiger partial charge in [0.2, 0.25) is 6.54 Å². The Balaban J connectivity index is 1.11. The van der Waals surface area contributed by atoms with Crippen LogP contribution in [-0.4, -0.2) is 143 Å². The van der Waals surface area contributed by atoms with E-state index in [0.717, 1.165) is 12.8 Å². The summed E-state index contributed by atoms with van der Waals surface area (Å²) >= 11 is 0. The molecular formula is C60H73N8O11P. The Hall–Kier alpha value is -7.06. The summed E-state index contributed by atoms with van der Waals surface area (Å²) < 4.78 is 48.5. The number of rotatable bonds is 26. The lowest BCUT2D eigenvalue weighted by atomic mass is 10.1. The third kappa shape index (κ3) is 18.0. The van der Waals surface area contributed by atoms with Crippen LogP contribution in [0.4, 0.5) is 0 Å². The maximum atomic E-state index is 13.4. The van der Waals surface area contributed by atoms with Crippen LogP contribution in [0.15, 0.2) is 98.6 Å². The van der Waals surface area contributed by atoms with E-state index >= 15 is 0 Å². The minimum Gasteiger partial charge on any atom is -0.464 e. The first-order chi connectivity index (χ1) is 38.8. The van der Waals surface area contributed by atoms with Crippen LogP contribution in [0.3, 0.4) is 0 Å². The quantitative estimate of drug-likeness (QED) is 0.0124. The second kappa shape index (κ2) is 31.1. The molecule has 7 rings (SSSR count). The fourth-order valence-electron chi connectivity index (χ4n) is 9.07. The zero-order chi connectivity index (χ0) is 56.8. The third-order valence-electron chi connectivity index (χ3n) is 12.7. The van der Waals surface area contributed by atoms with Gasteiger partial charge in [0, 0.05) is 94.1 Å². The van der Waals surface area contributed by atoms with Gasteiger partial charge in [0.05, 0.1) is 56.0 Å². The molecule has 1 aliphatic heterocycles. The first-order valence-electron chi connectivity index (χ1n) is 27.4. The van der Waals surface area contributed by atoms with Gasteiger partial charge in [0.15, 0.2) is 5.76 Å². The molecule has 1 atom stereocenters. The summed E-state index contributed by atoms with van der Waals surface area (Å²) in [6, 6.07) is 22.3. The number of ether oxygens (including phenoxy) is 3. The molecule has 0 radical (unpaired) electrons. The fraction of sp³-hybridized carbons (Fsp3) is 0.450. The van der Waals surface area contributed by atoms with Crippen LogP contribution in [-0.2, 0) is 42.9 Å². The third-order valence-corrected chi connectivity index (χ3v) is 14.8. The van der Waals surface area contributed by atoms with Crippen molar-refractivity contribution in [1.82, 2.24) is 34.3 Å². The van der Waals surface area contributed by atoms with Crippen LogP contribution in [0.5, 0.6) is 0 Å². The molecule has 80 heavy (non-hydrogen) atoms. The molecule has 7 heterocycles. The van der Waals surface area contributed by atoms with Gasteiger partial charge in [-0.05, 0) is 140 Å². The van der Waals surface area contributed by atoms with Gasteiger partial charge in [-0.3, -0.25) is 14.7 Å². The summed E-state index contributed by atoms with van der Waals surface area (Å²) in [5.74, 6) is 7.03. The van der Waals surface area contributed by atoms with Crippen LogP contribution >= 0.6 is 8.53 Å². The van der Waals surface area contributed by atoms with Gasteiger partial charge in [-0.15, -0.1) is 0 Å². The lowest BCUT2D eigenvalue weighted by Gasteiger charge is -2.35. The molecule has 20 heteroatoms. The van der Waals surface area contributed by atoms with Crippen molar-refractivity contribution in [2.24, 2.45) is 0 Å². The molecule has 0 spiro atoms. The van der Waals surface area contributed by atoms with Crippen molar-refractivity contribution in [1.29, 1.82) is 0 Å². The van der Waals surface area contributed by atoms with E-state index in [0.29, 0.717) is 142 Å². The number of carbonyl (C=O) groups excluding carboxylic acids is 3. The molecule has 1 fully saturated rings. The largest absolute Gasteiger partial charge is 0.464 e. The van der Waals surface area contributed by atoms with Crippen molar-refractivity contribution in [2.45, 2.75) is 99.4 Å². The summed E-state index contributed by atoms with van der Waals surface area (Å²) in [5, 5.41) is 0. The molecule has 424 valence electrons. The van der Waals surface area contributed by atoms with Gasteiger partial charge in [0.1, 0.15) is 41.0 Å². The predicted octanol–water partition coefficient (Wildman–Crippen LogP) is 10.8. The molecule has 0 aromatic carbocycles. The first-order valence-corrected chi connectivity index (χ1v) is 28.5. The molecule has 1 unspecified atom stereocenters. The standard InChI is InChI=1S/C60H73N8O11P/c1-9-72-58(69)52-37-45(55-19-16-30-75-55)34-48(62-52)40-65-24-25-66(41-49-35-46(56-20-17-31-76-56)38-53(63-49)59(70)73-10-2)27-29-67(28-26-65)42-50-36-47(39-54(64-50)60(71)74-11-3)57-22-21-51(79-57)18-14-12-13-15-32-77-80(78-33-23-61-8)68(43(4)5)44(6)7/h16-17,19-22,30-31,34-39,43-44H,9-13,15,23-29,32-33,40-42H2,1-7H3. The maximum absolute atomic E-state index is 13.4. The maximum Gasteiger partial charge on any atom is 0.356 e. The van der Waals surface area contributed by atoms with E-state index < -0.39 is 26.4 Å². The number of nitrogens with zero attached hydrogens (tertiary/aromatic N) is 8. The van der Waals surface area contributed by atoms with Crippen LogP contribution < -0.4 is 0 Å². The van der Waals surface area contributed by atoms with Gasteiger partial charge in [-0.2, -0.15) is 0 Å². The molecule has 0 amide bonds. The summed E-state index contributed by atoms with van der Waals surface area (Å²) in [6.45, 7) is 27.5. The molecule has 1 saturated heterocycles. The highest BCUT2D eigenvalue weighted by molar-refractivity contribution is 7.44. The van der Waals surface area contributed by atoms with Crippen molar-refractivity contribution >= 4 is 26.4 Å². The number of hydrogen-bond acceptors (Lipinski definition) is 18. The van der Waals surface area contributed by atoms with E-state index in [1.165, 1.54) is 0 Å². The summed E-state index contributed by atoms with van der Waals surface area (Å²) in [5.41, 5.74) is 4.56. The molecule has 19 nitrogen and oxygen atoms in total. The summed E-state index contributed by atoms with van der Waals surface area (Å²) in [6.07, 6.45) is 5.42. The first kappa shape index (κ1) is 60.6. The smallest absolute Gasteiger partial charge is 0.356 e. The Morgan fingerprint density at radius 2 is 1.06 bits per heavy atom.